The molecule has 2 heterocycles. The van der Waals surface area contributed by atoms with E-state index in [1.54, 1.807) is 18.2 Å². The van der Waals surface area contributed by atoms with Crippen molar-refractivity contribution in [3.8, 4) is 5.69 Å². The van der Waals surface area contributed by atoms with Gasteiger partial charge < -0.3 is 4.57 Å². The molecule has 0 aliphatic carbocycles. The monoisotopic (exact) mass is 372 g/mol. The Morgan fingerprint density at radius 2 is 2.00 bits per heavy atom. The Kier molecular flexibility index (Phi) is 3.51. The van der Waals surface area contributed by atoms with Gasteiger partial charge in [0.1, 0.15) is 10.4 Å². The van der Waals surface area contributed by atoms with Crippen molar-refractivity contribution >= 4 is 26.8 Å². The molecular formula is C14H12BrF3N4. The zero-order valence-corrected chi connectivity index (χ0v) is 13.3. The summed E-state index contributed by atoms with van der Waals surface area (Å²) in [6, 6.07) is 5.25. The summed E-state index contributed by atoms with van der Waals surface area (Å²) in [5.74, 6) is 0.228. The molecule has 0 spiro atoms. The molecule has 0 amide bonds. The SMILES string of the molecule is CC(C)c1nc(C(F)(F)F)cn1-c1ccc2n[nH]c(Br)c2c1. The first-order chi connectivity index (χ1) is 10.3. The van der Waals surface area contributed by atoms with Gasteiger partial charge in [-0.3, -0.25) is 5.10 Å². The van der Waals surface area contributed by atoms with Crippen LogP contribution in [0, 0.1) is 0 Å². The van der Waals surface area contributed by atoms with Crippen LogP contribution in [0.5, 0.6) is 0 Å². The molecule has 1 aromatic carbocycles. The summed E-state index contributed by atoms with van der Waals surface area (Å²) < 4.78 is 41.0. The fourth-order valence-electron chi connectivity index (χ4n) is 2.26. The second kappa shape index (κ2) is 5.12. The van der Waals surface area contributed by atoms with Crippen LogP contribution in [-0.4, -0.2) is 19.7 Å². The van der Waals surface area contributed by atoms with Crippen LogP contribution in [0.1, 0.15) is 31.3 Å². The molecule has 22 heavy (non-hydrogen) atoms. The lowest BCUT2D eigenvalue weighted by molar-refractivity contribution is -0.141. The Balaban J connectivity index is 2.20. The number of fused-ring (bicyclic) bond motifs is 1. The molecule has 0 saturated carbocycles. The third kappa shape index (κ3) is 2.51. The number of alkyl halides is 3. The zero-order chi connectivity index (χ0) is 16.1. The van der Waals surface area contributed by atoms with Crippen LogP contribution in [0.2, 0.25) is 0 Å². The lowest BCUT2D eigenvalue weighted by atomic mass is 10.2. The van der Waals surface area contributed by atoms with E-state index in [0.717, 1.165) is 17.1 Å². The molecule has 0 fully saturated rings. The quantitative estimate of drug-likeness (QED) is 0.711. The lowest BCUT2D eigenvalue weighted by Gasteiger charge is -2.10. The second-order valence-corrected chi connectivity index (χ2v) is 6.04. The van der Waals surface area contributed by atoms with Gasteiger partial charge in [0.05, 0.1) is 5.52 Å². The number of hydrogen-bond donors (Lipinski definition) is 1. The van der Waals surface area contributed by atoms with E-state index in [9.17, 15) is 13.2 Å². The van der Waals surface area contributed by atoms with Gasteiger partial charge in [-0.1, -0.05) is 13.8 Å². The number of nitrogens with one attached hydrogen (secondary N) is 1. The predicted octanol–water partition coefficient (Wildman–Crippen LogP) is 4.65. The Hall–Kier alpha value is -1.83. The van der Waals surface area contributed by atoms with Crippen LogP contribution in [-0.2, 0) is 6.18 Å². The maximum atomic E-state index is 12.9. The van der Waals surface area contributed by atoms with E-state index in [-0.39, 0.29) is 5.92 Å². The van der Waals surface area contributed by atoms with Crippen molar-refractivity contribution in [2.45, 2.75) is 25.9 Å². The fourth-order valence-corrected chi connectivity index (χ4v) is 2.67. The van der Waals surface area contributed by atoms with Crippen LogP contribution < -0.4 is 0 Å². The van der Waals surface area contributed by atoms with E-state index < -0.39 is 11.9 Å². The molecule has 8 heteroatoms. The summed E-state index contributed by atoms with van der Waals surface area (Å²) in [7, 11) is 0. The molecule has 116 valence electrons. The smallest absolute Gasteiger partial charge is 0.303 e. The van der Waals surface area contributed by atoms with E-state index in [1.807, 2.05) is 13.8 Å². The lowest BCUT2D eigenvalue weighted by Crippen LogP contribution is -2.05. The molecule has 1 N–H and O–H groups in total. The van der Waals surface area contributed by atoms with E-state index in [4.69, 9.17) is 0 Å². The normalized spacial score (nSPS) is 12.5. The van der Waals surface area contributed by atoms with Crippen LogP contribution in [0.15, 0.2) is 29.0 Å². The molecule has 0 aliphatic rings. The highest BCUT2D eigenvalue weighted by Crippen LogP contribution is 2.32. The molecule has 0 radical (unpaired) electrons. The number of nitrogens with zero attached hydrogens (tertiary/aromatic N) is 3. The largest absolute Gasteiger partial charge is 0.434 e. The number of rotatable bonds is 2. The summed E-state index contributed by atoms with van der Waals surface area (Å²) >= 11 is 3.34. The minimum atomic E-state index is -4.46. The van der Waals surface area contributed by atoms with Gasteiger partial charge in [-0.25, -0.2) is 4.98 Å². The third-order valence-corrected chi connectivity index (χ3v) is 3.91. The van der Waals surface area contributed by atoms with Crippen LogP contribution in [0.4, 0.5) is 13.2 Å². The predicted molar refractivity (Wildman–Crippen MR) is 80.0 cm³/mol. The van der Waals surface area contributed by atoms with E-state index >= 15 is 0 Å². The third-order valence-electron chi connectivity index (χ3n) is 3.31. The molecule has 3 aromatic rings. The molecule has 0 unspecified atom stereocenters. The molecule has 0 bridgehead atoms. The number of halogens is 4. The summed E-state index contributed by atoms with van der Waals surface area (Å²) in [4.78, 5) is 3.75. The summed E-state index contributed by atoms with van der Waals surface area (Å²) in [5, 5.41) is 7.66. The van der Waals surface area contributed by atoms with Gasteiger partial charge in [-0.2, -0.15) is 18.3 Å². The zero-order valence-electron chi connectivity index (χ0n) is 11.7. The van der Waals surface area contributed by atoms with Gasteiger partial charge in [-0.15, -0.1) is 0 Å². The Bertz CT molecular complexity index is 832. The van der Waals surface area contributed by atoms with Crippen molar-refractivity contribution in [3.05, 3.63) is 40.5 Å². The molecule has 2 aromatic heterocycles. The minimum absolute atomic E-state index is 0.139. The molecule has 4 nitrogen and oxygen atoms in total. The van der Waals surface area contributed by atoms with Crippen molar-refractivity contribution in [1.82, 2.24) is 19.7 Å². The Morgan fingerprint density at radius 1 is 1.27 bits per heavy atom. The second-order valence-electron chi connectivity index (χ2n) is 5.25. The summed E-state index contributed by atoms with van der Waals surface area (Å²) in [6.07, 6.45) is -3.43. The first kappa shape index (κ1) is 15.1. The van der Waals surface area contributed by atoms with Crippen molar-refractivity contribution in [2.24, 2.45) is 0 Å². The van der Waals surface area contributed by atoms with Crippen LogP contribution >= 0.6 is 15.9 Å². The van der Waals surface area contributed by atoms with Gasteiger partial charge in [0, 0.05) is 23.2 Å². The molecule has 0 saturated heterocycles. The Labute approximate surface area is 132 Å². The molecular weight excluding hydrogens is 361 g/mol. The maximum Gasteiger partial charge on any atom is 0.434 e. The molecule has 3 rings (SSSR count). The topological polar surface area (TPSA) is 46.5 Å². The van der Waals surface area contributed by atoms with Gasteiger partial charge >= 0.3 is 6.18 Å². The van der Waals surface area contributed by atoms with Crippen molar-refractivity contribution in [2.75, 3.05) is 0 Å². The minimum Gasteiger partial charge on any atom is -0.303 e. The average molecular weight is 373 g/mol. The van der Waals surface area contributed by atoms with Crippen LogP contribution in [0.3, 0.4) is 0 Å². The fraction of sp³-hybridized carbons (Fsp3) is 0.286. The van der Waals surface area contributed by atoms with E-state index in [0.29, 0.717) is 16.1 Å². The molecule has 0 aliphatic heterocycles. The number of H-pyrrole nitrogens is 1. The van der Waals surface area contributed by atoms with Gasteiger partial charge in [-0.05, 0) is 34.1 Å². The van der Waals surface area contributed by atoms with Gasteiger partial charge in [0.25, 0.3) is 0 Å². The highest BCUT2D eigenvalue weighted by atomic mass is 79.9. The summed E-state index contributed by atoms with van der Waals surface area (Å²) in [5.41, 5.74) is 0.460. The summed E-state index contributed by atoms with van der Waals surface area (Å²) in [6.45, 7) is 3.62. The highest BCUT2D eigenvalue weighted by molar-refractivity contribution is 9.10. The highest BCUT2D eigenvalue weighted by Gasteiger charge is 2.35. The van der Waals surface area contributed by atoms with E-state index in [1.165, 1.54) is 4.57 Å². The number of aromatic nitrogens is 4. The first-order valence-electron chi connectivity index (χ1n) is 6.58. The Morgan fingerprint density at radius 3 is 2.64 bits per heavy atom. The average Bonchev–Trinajstić information content (AvgIpc) is 3.02. The van der Waals surface area contributed by atoms with Gasteiger partial charge in [0.2, 0.25) is 0 Å². The number of aromatic amines is 1. The van der Waals surface area contributed by atoms with Crippen molar-refractivity contribution in [3.63, 3.8) is 0 Å². The molecule has 0 atom stereocenters. The standard InChI is InChI=1S/C14H12BrF3N4/c1-7(2)13-19-11(14(16,17)18)6-22(13)8-3-4-10-9(5-8)12(15)21-20-10/h3-7H,1-2H3,(H,20,21). The van der Waals surface area contributed by atoms with Crippen LogP contribution in [0.25, 0.3) is 16.6 Å². The maximum absolute atomic E-state index is 12.9. The van der Waals surface area contributed by atoms with Gasteiger partial charge in [0.15, 0.2) is 5.69 Å². The first-order valence-corrected chi connectivity index (χ1v) is 7.37. The van der Waals surface area contributed by atoms with Crippen molar-refractivity contribution in [1.29, 1.82) is 0 Å². The number of hydrogen-bond acceptors (Lipinski definition) is 2. The van der Waals surface area contributed by atoms with E-state index in [2.05, 4.69) is 31.1 Å². The number of imidazole rings is 1. The van der Waals surface area contributed by atoms with Crippen molar-refractivity contribution < 1.29 is 13.2 Å². The number of benzene rings is 1.